The van der Waals surface area contributed by atoms with E-state index in [1.54, 1.807) is 0 Å². The molecule has 1 unspecified atom stereocenters. The van der Waals surface area contributed by atoms with Crippen molar-refractivity contribution < 1.29 is 8.78 Å². The van der Waals surface area contributed by atoms with Gasteiger partial charge in [-0.05, 0) is 35.7 Å². The third-order valence-electron chi connectivity index (χ3n) is 2.75. The van der Waals surface area contributed by atoms with Gasteiger partial charge in [0.15, 0.2) is 0 Å². The normalized spacial score (nSPS) is 12.4. The number of hydrogen-bond donors (Lipinski definition) is 1. The molecule has 4 heteroatoms. The smallest absolute Gasteiger partial charge is 0.129 e. The lowest BCUT2D eigenvalue weighted by molar-refractivity contribution is 0.563. The molecule has 0 heterocycles. The lowest BCUT2D eigenvalue weighted by atomic mass is 9.99. The number of halogens is 3. The third-order valence-corrected chi connectivity index (χ3v) is 3.28. The highest BCUT2D eigenvalue weighted by Crippen LogP contribution is 2.20. The minimum atomic E-state index is -0.575. The van der Waals surface area contributed by atoms with Gasteiger partial charge in [0.1, 0.15) is 11.6 Å². The highest BCUT2D eigenvalue weighted by molar-refractivity contribution is 9.10. The number of rotatable bonds is 3. The Bertz CT molecular complexity index is 540. The lowest BCUT2D eigenvalue weighted by Crippen LogP contribution is -2.14. The van der Waals surface area contributed by atoms with E-state index in [0.29, 0.717) is 12.0 Å². The molecule has 0 aliphatic heterocycles. The molecular weight excluding hydrogens is 300 g/mol. The van der Waals surface area contributed by atoms with Crippen molar-refractivity contribution in [3.8, 4) is 0 Å². The fourth-order valence-electron chi connectivity index (χ4n) is 1.75. The summed E-state index contributed by atoms with van der Waals surface area (Å²) in [5, 5.41) is 0. The molecule has 0 aliphatic carbocycles. The van der Waals surface area contributed by atoms with Gasteiger partial charge in [-0.25, -0.2) is 8.78 Å². The maximum Gasteiger partial charge on any atom is 0.129 e. The molecule has 0 saturated heterocycles. The van der Waals surface area contributed by atoms with Crippen LogP contribution in [-0.2, 0) is 6.42 Å². The minimum Gasteiger partial charge on any atom is -0.324 e. The topological polar surface area (TPSA) is 26.0 Å². The summed E-state index contributed by atoms with van der Waals surface area (Å²) in [6.07, 6.45) is 0.341. The summed E-state index contributed by atoms with van der Waals surface area (Å²) in [4.78, 5) is 0. The van der Waals surface area contributed by atoms with Crippen LogP contribution in [0.5, 0.6) is 0 Å². The van der Waals surface area contributed by atoms with Crippen LogP contribution in [0.4, 0.5) is 8.78 Å². The monoisotopic (exact) mass is 311 g/mol. The molecule has 2 rings (SSSR count). The van der Waals surface area contributed by atoms with Crippen LogP contribution in [0.2, 0.25) is 0 Å². The van der Waals surface area contributed by atoms with Crippen molar-refractivity contribution >= 4 is 15.9 Å². The summed E-state index contributed by atoms with van der Waals surface area (Å²) in [6.45, 7) is 0. The minimum absolute atomic E-state index is 0.307. The largest absolute Gasteiger partial charge is 0.324 e. The molecule has 2 aromatic carbocycles. The van der Waals surface area contributed by atoms with Gasteiger partial charge in [-0.3, -0.25) is 0 Å². The summed E-state index contributed by atoms with van der Waals surface area (Å²) in [5.74, 6) is -1.13. The van der Waals surface area contributed by atoms with Crippen molar-refractivity contribution in [3.63, 3.8) is 0 Å². The van der Waals surface area contributed by atoms with Crippen LogP contribution in [0.15, 0.2) is 46.9 Å². The van der Waals surface area contributed by atoms with Crippen LogP contribution in [0, 0.1) is 11.6 Å². The average molecular weight is 312 g/mol. The summed E-state index contributed by atoms with van der Waals surface area (Å²) < 4.78 is 27.2. The number of hydrogen-bond acceptors (Lipinski definition) is 1. The van der Waals surface area contributed by atoms with Crippen LogP contribution in [0.25, 0.3) is 0 Å². The van der Waals surface area contributed by atoms with E-state index >= 15 is 0 Å². The Hall–Kier alpha value is -1.26. The first-order valence-electron chi connectivity index (χ1n) is 5.51. The highest BCUT2D eigenvalue weighted by Gasteiger charge is 2.11. The Morgan fingerprint density at radius 3 is 2.33 bits per heavy atom. The Balaban J connectivity index is 2.15. The van der Waals surface area contributed by atoms with Gasteiger partial charge in [-0.2, -0.15) is 0 Å². The summed E-state index contributed by atoms with van der Waals surface area (Å²) in [5.41, 5.74) is 7.35. The van der Waals surface area contributed by atoms with E-state index in [-0.39, 0.29) is 6.04 Å². The Kier molecular flexibility index (Phi) is 4.09. The second kappa shape index (κ2) is 5.59. The number of nitrogens with two attached hydrogens (primary N) is 1. The van der Waals surface area contributed by atoms with Crippen molar-refractivity contribution in [3.05, 3.63) is 69.7 Å². The van der Waals surface area contributed by atoms with E-state index in [9.17, 15) is 8.78 Å². The van der Waals surface area contributed by atoms with Crippen molar-refractivity contribution in [1.82, 2.24) is 0 Å². The second-order valence-electron chi connectivity index (χ2n) is 4.10. The molecular formula is C14H12BrF2N. The van der Waals surface area contributed by atoms with E-state index in [1.165, 1.54) is 12.1 Å². The molecule has 0 saturated carbocycles. The van der Waals surface area contributed by atoms with Crippen molar-refractivity contribution in [1.29, 1.82) is 0 Å². The predicted octanol–water partition coefficient (Wildman–Crippen LogP) is 3.97. The molecule has 1 nitrogen and oxygen atoms in total. The van der Waals surface area contributed by atoms with E-state index in [0.717, 1.165) is 16.1 Å². The summed E-state index contributed by atoms with van der Waals surface area (Å²) in [6, 6.07) is 10.8. The molecule has 2 aromatic rings. The fourth-order valence-corrected chi connectivity index (χ4v) is 2.02. The molecule has 94 valence electrons. The van der Waals surface area contributed by atoms with Gasteiger partial charge < -0.3 is 5.73 Å². The van der Waals surface area contributed by atoms with E-state index in [1.807, 2.05) is 24.3 Å². The first-order chi connectivity index (χ1) is 8.56. The SMILES string of the molecule is NC(Cc1ccc(F)cc1F)c1ccc(Br)cc1. The molecule has 0 bridgehead atoms. The van der Waals surface area contributed by atoms with Crippen molar-refractivity contribution in [2.45, 2.75) is 12.5 Å². The Labute approximate surface area is 113 Å². The number of benzene rings is 2. The molecule has 0 fully saturated rings. The summed E-state index contributed by atoms with van der Waals surface area (Å²) in [7, 11) is 0. The zero-order valence-corrected chi connectivity index (χ0v) is 11.1. The summed E-state index contributed by atoms with van der Waals surface area (Å²) >= 11 is 3.34. The molecule has 0 spiro atoms. The molecule has 18 heavy (non-hydrogen) atoms. The van der Waals surface area contributed by atoms with Crippen molar-refractivity contribution in [2.75, 3.05) is 0 Å². The van der Waals surface area contributed by atoms with Crippen molar-refractivity contribution in [2.24, 2.45) is 5.73 Å². The molecule has 2 N–H and O–H groups in total. The molecule has 0 radical (unpaired) electrons. The molecule has 0 amide bonds. The van der Waals surface area contributed by atoms with Crippen LogP contribution in [-0.4, -0.2) is 0 Å². The molecule has 1 atom stereocenters. The third kappa shape index (κ3) is 3.15. The van der Waals surface area contributed by atoms with Crippen LogP contribution >= 0.6 is 15.9 Å². The zero-order chi connectivity index (χ0) is 13.1. The lowest BCUT2D eigenvalue weighted by Gasteiger charge is -2.13. The zero-order valence-electron chi connectivity index (χ0n) is 9.54. The van der Waals surface area contributed by atoms with Gasteiger partial charge in [0, 0.05) is 16.6 Å². The maximum atomic E-state index is 13.5. The second-order valence-corrected chi connectivity index (χ2v) is 5.01. The first-order valence-corrected chi connectivity index (χ1v) is 6.30. The highest BCUT2D eigenvalue weighted by atomic mass is 79.9. The van der Waals surface area contributed by atoms with E-state index in [2.05, 4.69) is 15.9 Å². The maximum absolute atomic E-state index is 13.5. The Morgan fingerprint density at radius 2 is 1.72 bits per heavy atom. The molecule has 0 aromatic heterocycles. The van der Waals surface area contributed by atoms with Gasteiger partial charge in [-0.1, -0.05) is 34.1 Å². The fraction of sp³-hybridized carbons (Fsp3) is 0.143. The van der Waals surface area contributed by atoms with E-state index in [4.69, 9.17) is 5.73 Å². The van der Waals surface area contributed by atoms with Gasteiger partial charge in [0.25, 0.3) is 0 Å². The van der Waals surface area contributed by atoms with Gasteiger partial charge in [0.2, 0.25) is 0 Å². The average Bonchev–Trinajstić information content (AvgIpc) is 2.33. The van der Waals surface area contributed by atoms with Gasteiger partial charge in [-0.15, -0.1) is 0 Å². The van der Waals surface area contributed by atoms with Gasteiger partial charge in [0.05, 0.1) is 0 Å². The van der Waals surface area contributed by atoms with Crippen LogP contribution < -0.4 is 5.73 Å². The molecule has 0 aliphatic rings. The van der Waals surface area contributed by atoms with Crippen LogP contribution in [0.1, 0.15) is 17.2 Å². The van der Waals surface area contributed by atoms with Crippen LogP contribution in [0.3, 0.4) is 0 Å². The van der Waals surface area contributed by atoms with Gasteiger partial charge >= 0.3 is 0 Å². The Morgan fingerprint density at radius 1 is 1.06 bits per heavy atom. The first kappa shape index (κ1) is 13.2. The standard InChI is InChI=1S/C14H12BrF2N/c15-11-4-1-9(2-5-11)14(18)7-10-3-6-12(16)8-13(10)17/h1-6,8,14H,7,18H2. The quantitative estimate of drug-likeness (QED) is 0.912. The van der Waals surface area contributed by atoms with E-state index < -0.39 is 11.6 Å². The predicted molar refractivity (Wildman–Crippen MR) is 71.1 cm³/mol.